The Labute approximate surface area is 219 Å². The van der Waals surface area contributed by atoms with Crippen LogP contribution in [-0.4, -0.2) is 9.97 Å². The third kappa shape index (κ3) is 5.25. The van der Waals surface area contributed by atoms with E-state index in [9.17, 15) is 0 Å². The monoisotopic (exact) mass is 546 g/mol. The molecule has 0 aliphatic heterocycles. The molecule has 3 aromatic carbocycles. The van der Waals surface area contributed by atoms with Crippen molar-refractivity contribution in [3.8, 4) is 22.5 Å². The zero-order valence-electron chi connectivity index (χ0n) is 19.5. The molecule has 3 heterocycles. The van der Waals surface area contributed by atoms with E-state index in [0.717, 1.165) is 44.5 Å². The molecule has 0 fully saturated rings. The molecule has 3 nitrogen and oxygen atoms in total. The van der Waals surface area contributed by atoms with Gasteiger partial charge in [0.05, 0.1) is 5.58 Å². The molecular weight excluding hydrogens is 523 g/mol. The molecule has 0 saturated heterocycles. The standard InChI is InChI=1S/C20H16NO.C11H8N.Pd/c1-13(2)14-7-5-8-15-16-9-6-10-17(20(16)22-19(14)15)18-11-3-4-12-21-18;1-2-6-10(7-3-1)11-8-4-5-9-12-11;/h3-9,11-13H,1-2H3;1-6,8-9H;/q2*-1;+2. The van der Waals surface area contributed by atoms with Gasteiger partial charge in [0.2, 0.25) is 0 Å². The van der Waals surface area contributed by atoms with Gasteiger partial charge in [0, 0.05) is 17.8 Å². The van der Waals surface area contributed by atoms with Gasteiger partial charge in [-0.2, -0.15) is 0 Å². The van der Waals surface area contributed by atoms with Crippen LogP contribution in [0.1, 0.15) is 25.3 Å². The van der Waals surface area contributed by atoms with Crippen LogP contribution in [0, 0.1) is 12.1 Å². The minimum atomic E-state index is 0. The molecule has 0 aliphatic carbocycles. The number of benzene rings is 3. The fraction of sp³-hybridized carbons (Fsp3) is 0.0968. The topological polar surface area (TPSA) is 38.9 Å². The second-order valence-electron chi connectivity index (χ2n) is 8.28. The molecule has 174 valence electrons. The number of hydrogen-bond donors (Lipinski definition) is 0. The van der Waals surface area contributed by atoms with Gasteiger partial charge in [-0.25, -0.2) is 0 Å². The Morgan fingerprint density at radius 3 is 2.03 bits per heavy atom. The molecule has 0 N–H and O–H groups in total. The van der Waals surface area contributed by atoms with Gasteiger partial charge < -0.3 is 14.4 Å². The number of para-hydroxylation sites is 1. The number of rotatable bonds is 3. The van der Waals surface area contributed by atoms with E-state index >= 15 is 0 Å². The average molecular weight is 547 g/mol. The summed E-state index contributed by atoms with van der Waals surface area (Å²) in [6.07, 6.45) is 3.58. The van der Waals surface area contributed by atoms with Gasteiger partial charge in [-0.1, -0.05) is 67.3 Å². The van der Waals surface area contributed by atoms with Crippen LogP contribution in [0.3, 0.4) is 0 Å². The number of furan rings is 1. The summed E-state index contributed by atoms with van der Waals surface area (Å²) in [5, 5.41) is 2.28. The summed E-state index contributed by atoms with van der Waals surface area (Å²) < 4.78 is 6.26. The first kappa shape index (κ1) is 24.5. The third-order valence-electron chi connectivity index (χ3n) is 5.68. The van der Waals surface area contributed by atoms with Crippen molar-refractivity contribution in [2.45, 2.75) is 19.8 Å². The summed E-state index contributed by atoms with van der Waals surface area (Å²) in [6.45, 7) is 4.38. The predicted molar refractivity (Wildman–Crippen MR) is 138 cm³/mol. The minimum Gasteiger partial charge on any atom is -0.500 e. The molecule has 0 amide bonds. The molecule has 3 aromatic heterocycles. The van der Waals surface area contributed by atoms with E-state index in [4.69, 9.17) is 4.42 Å². The summed E-state index contributed by atoms with van der Waals surface area (Å²) in [4.78, 5) is 8.65. The molecule has 0 atom stereocenters. The molecule has 6 aromatic rings. The van der Waals surface area contributed by atoms with Crippen molar-refractivity contribution in [2.24, 2.45) is 0 Å². The van der Waals surface area contributed by atoms with E-state index in [1.807, 2.05) is 66.7 Å². The number of fused-ring (bicyclic) bond motifs is 3. The smallest absolute Gasteiger partial charge is 0.500 e. The van der Waals surface area contributed by atoms with Crippen molar-refractivity contribution in [1.29, 1.82) is 0 Å². The molecule has 0 bridgehead atoms. The van der Waals surface area contributed by atoms with Crippen LogP contribution >= 0.6 is 0 Å². The minimum absolute atomic E-state index is 0. The molecular formula is C31H24N2OPd. The molecule has 6 rings (SSSR count). The van der Waals surface area contributed by atoms with Crippen LogP contribution in [0.5, 0.6) is 0 Å². The number of pyridine rings is 2. The van der Waals surface area contributed by atoms with Gasteiger partial charge in [0.1, 0.15) is 5.58 Å². The van der Waals surface area contributed by atoms with Crippen molar-refractivity contribution in [1.82, 2.24) is 9.97 Å². The molecule has 0 saturated carbocycles. The summed E-state index contributed by atoms with van der Waals surface area (Å²) in [5.74, 6) is 0.423. The Hall–Kier alpha value is -3.58. The Balaban J connectivity index is 0.000000189. The van der Waals surface area contributed by atoms with Crippen LogP contribution in [0.15, 0.2) is 108 Å². The molecule has 35 heavy (non-hydrogen) atoms. The van der Waals surface area contributed by atoms with Crippen molar-refractivity contribution in [2.75, 3.05) is 0 Å². The van der Waals surface area contributed by atoms with E-state index in [2.05, 4.69) is 60.2 Å². The van der Waals surface area contributed by atoms with Crippen LogP contribution in [0.4, 0.5) is 0 Å². The van der Waals surface area contributed by atoms with Crippen molar-refractivity contribution >= 4 is 21.9 Å². The van der Waals surface area contributed by atoms with Crippen molar-refractivity contribution in [3.63, 3.8) is 0 Å². The Morgan fingerprint density at radius 1 is 0.657 bits per heavy atom. The Kier molecular flexibility index (Phi) is 7.88. The fourth-order valence-corrected chi connectivity index (χ4v) is 4.02. The second kappa shape index (κ2) is 11.2. The maximum atomic E-state index is 6.26. The van der Waals surface area contributed by atoms with Crippen LogP contribution < -0.4 is 0 Å². The van der Waals surface area contributed by atoms with E-state index < -0.39 is 0 Å². The first-order valence-corrected chi connectivity index (χ1v) is 11.4. The summed E-state index contributed by atoms with van der Waals surface area (Å²) in [7, 11) is 0. The van der Waals surface area contributed by atoms with Gasteiger partial charge in [0.25, 0.3) is 0 Å². The number of hydrogen-bond acceptors (Lipinski definition) is 3. The van der Waals surface area contributed by atoms with Gasteiger partial charge >= 0.3 is 20.4 Å². The predicted octanol–water partition coefficient (Wildman–Crippen LogP) is 8.12. The molecule has 4 heteroatoms. The molecule has 0 aliphatic rings. The zero-order valence-corrected chi connectivity index (χ0v) is 21.1. The maximum absolute atomic E-state index is 6.26. The summed E-state index contributed by atoms with van der Waals surface area (Å²) in [5.41, 5.74) is 6.90. The number of nitrogens with zero attached hydrogens (tertiary/aromatic N) is 2. The van der Waals surface area contributed by atoms with E-state index in [0.29, 0.717) is 5.92 Å². The van der Waals surface area contributed by atoms with Gasteiger partial charge in [-0.15, -0.1) is 54.1 Å². The molecule has 0 unspecified atom stereocenters. The largest absolute Gasteiger partial charge is 2.00 e. The quantitative estimate of drug-likeness (QED) is 0.166. The maximum Gasteiger partial charge on any atom is 2.00 e. The van der Waals surface area contributed by atoms with E-state index in [-0.39, 0.29) is 20.4 Å². The molecule has 0 spiro atoms. The van der Waals surface area contributed by atoms with Gasteiger partial charge in [-0.05, 0) is 35.0 Å². The van der Waals surface area contributed by atoms with Crippen LogP contribution in [0.2, 0.25) is 0 Å². The first-order chi connectivity index (χ1) is 16.7. The normalized spacial score (nSPS) is 10.6. The Bertz CT molecular complexity index is 1470. The SMILES string of the molecule is CC(C)c1cccc2c1oc1c(-c3ccccn3)[c-]ccc12.[Pd+2].[c-]1ccccc1-c1ccccn1. The van der Waals surface area contributed by atoms with Gasteiger partial charge in [-0.3, -0.25) is 0 Å². The summed E-state index contributed by atoms with van der Waals surface area (Å²) >= 11 is 0. The van der Waals surface area contributed by atoms with Crippen LogP contribution in [-0.2, 0) is 20.4 Å². The van der Waals surface area contributed by atoms with Crippen LogP contribution in [0.25, 0.3) is 44.5 Å². The zero-order chi connectivity index (χ0) is 23.3. The average Bonchev–Trinajstić information content (AvgIpc) is 3.29. The third-order valence-corrected chi connectivity index (χ3v) is 5.68. The first-order valence-electron chi connectivity index (χ1n) is 11.4. The second-order valence-corrected chi connectivity index (χ2v) is 8.28. The molecule has 0 radical (unpaired) electrons. The van der Waals surface area contributed by atoms with Crippen molar-refractivity contribution in [3.05, 3.63) is 121 Å². The van der Waals surface area contributed by atoms with E-state index in [1.165, 1.54) is 5.56 Å². The fourth-order valence-electron chi connectivity index (χ4n) is 4.02. The Morgan fingerprint density at radius 2 is 1.37 bits per heavy atom. The van der Waals surface area contributed by atoms with Gasteiger partial charge in [0.15, 0.2) is 0 Å². The number of aromatic nitrogens is 2. The van der Waals surface area contributed by atoms with Crippen molar-refractivity contribution < 1.29 is 24.8 Å². The van der Waals surface area contributed by atoms with E-state index in [1.54, 1.807) is 12.4 Å². The summed E-state index contributed by atoms with van der Waals surface area (Å²) in [6, 6.07) is 36.4.